The Hall–Kier alpha value is -1.96. The van der Waals surface area contributed by atoms with Gasteiger partial charge in [-0.05, 0) is 13.8 Å². The molecule has 2 heterocycles. The van der Waals surface area contributed by atoms with E-state index in [-0.39, 0.29) is 17.6 Å². The van der Waals surface area contributed by atoms with E-state index in [1.807, 2.05) is 11.8 Å². The second-order valence-corrected chi connectivity index (χ2v) is 4.77. The molecule has 1 fully saturated rings. The van der Waals surface area contributed by atoms with Crippen molar-refractivity contribution in [1.82, 2.24) is 30.3 Å². The van der Waals surface area contributed by atoms with Gasteiger partial charge in [0.05, 0.1) is 6.54 Å². The highest BCUT2D eigenvalue weighted by atomic mass is 16.2. The minimum atomic E-state index is -0.160. The lowest BCUT2D eigenvalue weighted by atomic mass is 10.3. The molecule has 1 aliphatic heterocycles. The number of aromatic amines is 1. The highest BCUT2D eigenvalue weighted by molar-refractivity contribution is 5.90. The molecule has 0 bridgehead atoms. The zero-order valence-electron chi connectivity index (χ0n) is 11.8. The molecule has 0 aliphatic carbocycles. The number of H-pyrrole nitrogens is 1. The van der Waals surface area contributed by atoms with Crippen molar-refractivity contribution in [2.24, 2.45) is 0 Å². The molecular weight excluding hydrogens is 260 g/mol. The average molecular weight is 280 g/mol. The zero-order valence-corrected chi connectivity index (χ0v) is 11.8. The molecule has 110 valence electrons. The Kier molecular flexibility index (Phi) is 4.67. The summed E-state index contributed by atoms with van der Waals surface area (Å²) in [7, 11) is 0. The van der Waals surface area contributed by atoms with Crippen molar-refractivity contribution in [3.8, 4) is 0 Å². The van der Waals surface area contributed by atoms with Crippen LogP contribution in [0.15, 0.2) is 0 Å². The molecule has 0 aromatic carbocycles. The number of hydrogen-bond acceptors (Lipinski definition) is 5. The maximum absolute atomic E-state index is 12.1. The predicted molar refractivity (Wildman–Crippen MR) is 72.1 cm³/mol. The first-order valence-electron chi connectivity index (χ1n) is 6.77. The van der Waals surface area contributed by atoms with Gasteiger partial charge in [-0.1, -0.05) is 0 Å². The topological polar surface area (TPSA) is 94.2 Å². The van der Waals surface area contributed by atoms with E-state index in [1.54, 1.807) is 11.8 Å². The molecule has 20 heavy (non-hydrogen) atoms. The molecule has 1 aliphatic rings. The van der Waals surface area contributed by atoms with E-state index in [0.29, 0.717) is 45.1 Å². The summed E-state index contributed by atoms with van der Waals surface area (Å²) in [5.41, 5.74) is 0. The fourth-order valence-electron chi connectivity index (χ4n) is 2.15. The van der Waals surface area contributed by atoms with Gasteiger partial charge in [0.2, 0.25) is 11.7 Å². The lowest BCUT2D eigenvalue weighted by Crippen LogP contribution is -2.51. The first-order chi connectivity index (χ1) is 9.60. The smallest absolute Gasteiger partial charge is 0.293 e. The molecule has 0 spiro atoms. The fraction of sp³-hybridized carbons (Fsp3) is 0.667. The number of amides is 2. The second kappa shape index (κ2) is 6.47. The number of aromatic nitrogens is 3. The molecule has 8 heteroatoms. The van der Waals surface area contributed by atoms with E-state index in [2.05, 4.69) is 20.5 Å². The second-order valence-electron chi connectivity index (χ2n) is 4.77. The summed E-state index contributed by atoms with van der Waals surface area (Å²) in [6.45, 7) is 7.23. The molecule has 2 amide bonds. The van der Waals surface area contributed by atoms with Crippen molar-refractivity contribution < 1.29 is 9.59 Å². The van der Waals surface area contributed by atoms with Crippen LogP contribution in [0.3, 0.4) is 0 Å². The van der Waals surface area contributed by atoms with Crippen molar-refractivity contribution in [3.05, 3.63) is 11.6 Å². The van der Waals surface area contributed by atoms with Gasteiger partial charge in [0, 0.05) is 32.7 Å². The van der Waals surface area contributed by atoms with Crippen LogP contribution in [-0.2, 0) is 4.79 Å². The number of likely N-dealkylation sites (N-methyl/N-ethyl adjacent to an activating group) is 1. The molecule has 0 radical (unpaired) electrons. The third-order valence-corrected chi connectivity index (χ3v) is 3.19. The lowest BCUT2D eigenvalue weighted by molar-refractivity contribution is -0.122. The van der Waals surface area contributed by atoms with E-state index in [9.17, 15) is 9.59 Å². The van der Waals surface area contributed by atoms with Crippen LogP contribution in [0, 0.1) is 6.92 Å². The van der Waals surface area contributed by atoms with E-state index < -0.39 is 0 Å². The average Bonchev–Trinajstić information content (AvgIpc) is 2.86. The maximum Gasteiger partial charge on any atom is 0.293 e. The SMILES string of the molecule is CCNC(=O)CN1CCN(C(=O)c2n[nH]c(C)n2)CC1. The Labute approximate surface area is 117 Å². The third-order valence-electron chi connectivity index (χ3n) is 3.19. The van der Waals surface area contributed by atoms with Gasteiger partial charge in [0.25, 0.3) is 5.91 Å². The summed E-state index contributed by atoms with van der Waals surface area (Å²) in [4.78, 5) is 31.4. The molecule has 0 atom stereocenters. The highest BCUT2D eigenvalue weighted by Gasteiger charge is 2.25. The van der Waals surface area contributed by atoms with Crippen molar-refractivity contribution in [3.63, 3.8) is 0 Å². The molecule has 8 nitrogen and oxygen atoms in total. The quantitative estimate of drug-likeness (QED) is 0.738. The van der Waals surface area contributed by atoms with E-state index >= 15 is 0 Å². The molecule has 2 N–H and O–H groups in total. The first kappa shape index (κ1) is 14.4. The number of carbonyl (C=O) groups is 2. The van der Waals surface area contributed by atoms with Gasteiger partial charge < -0.3 is 10.2 Å². The molecule has 0 saturated carbocycles. The predicted octanol–water partition coefficient (Wildman–Crippen LogP) is -0.993. The summed E-state index contributed by atoms with van der Waals surface area (Å²) >= 11 is 0. The van der Waals surface area contributed by atoms with Crippen LogP contribution < -0.4 is 5.32 Å². The third kappa shape index (κ3) is 3.53. The van der Waals surface area contributed by atoms with E-state index in [1.165, 1.54) is 0 Å². The van der Waals surface area contributed by atoms with Crippen LogP contribution in [0.2, 0.25) is 0 Å². The molecule has 2 rings (SSSR count). The van der Waals surface area contributed by atoms with Crippen molar-refractivity contribution in [1.29, 1.82) is 0 Å². The largest absolute Gasteiger partial charge is 0.355 e. The summed E-state index contributed by atoms with van der Waals surface area (Å²) in [5, 5.41) is 9.31. The number of nitrogens with zero attached hydrogens (tertiary/aromatic N) is 4. The van der Waals surface area contributed by atoms with Crippen LogP contribution in [0.25, 0.3) is 0 Å². The van der Waals surface area contributed by atoms with Gasteiger partial charge >= 0.3 is 0 Å². The van der Waals surface area contributed by atoms with Crippen LogP contribution in [-0.4, -0.2) is 76.1 Å². The number of nitrogens with one attached hydrogen (secondary N) is 2. The minimum Gasteiger partial charge on any atom is -0.355 e. The number of hydrogen-bond donors (Lipinski definition) is 2. The Bertz CT molecular complexity index is 478. The van der Waals surface area contributed by atoms with Crippen LogP contribution in [0.4, 0.5) is 0 Å². The summed E-state index contributed by atoms with van der Waals surface area (Å²) in [6.07, 6.45) is 0. The first-order valence-corrected chi connectivity index (χ1v) is 6.77. The van der Waals surface area contributed by atoms with Gasteiger partial charge in [0.15, 0.2) is 0 Å². The number of piperazine rings is 1. The van der Waals surface area contributed by atoms with E-state index in [0.717, 1.165) is 0 Å². The normalized spacial score (nSPS) is 16.2. The summed E-state index contributed by atoms with van der Waals surface area (Å²) in [5.74, 6) is 0.701. The van der Waals surface area contributed by atoms with Gasteiger partial charge in [-0.25, -0.2) is 4.98 Å². The fourth-order valence-corrected chi connectivity index (χ4v) is 2.15. The Morgan fingerprint density at radius 2 is 2.00 bits per heavy atom. The highest BCUT2D eigenvalue weighted by Crippen LogP contribution is 2.05. The number of rotatable bonds is 4. The Morgan fingerprint density at radius 1 is 1.30 bits per heavy atom. The van der Waals surface area contributed by atoms with Crippen molar-refractivity contribution in [2.45, 2.75) is 13.8 Å². The van der Waals surface area contributed by atoms with Crippen molar-refractivity contribution in [2.75, 3.05) is 39.3 Å². The molecule has 1 aromatic rings. The van der Waals surface area contributed by atoms with Gasteiger partial charge in [-0.3, -0.25) is 19.6 Å². The van der Waals surface area contributed by atoms with Gasteiger partial charge in [0.1, 0.15) is 5.82 Å². The van der Waals surface area contributed by atoms with E-state index in [4.69, 9.17) is 0 Å². The molecule has 1 saturated heterocycles. The van der Waals surface area contributed by atoms with Crippen molar-refractivity contribution >= 4 is 11.8 Å². The number of aryl methyl sites for hydroxylation is 1. The number of carbonyl (C=O) groups excluding carboxylic acids is 2. The minimum absolute atomic E-state index is 0.0249. The zero-order chi connectivity index (χ0) is 14.5. The van der Waals surface area contributed by atoms with Crippen LogP contribution in [0.5, 0.6) is 0 Å². The summed E-state index contributed by atoms with van der Waals surface area (Å²) in [6, 6.07) is 0. The van der Waals surface area contributed by atoms with Gasteiger partial charge in [-0.2, -0.15) is 0 Å². The monoisotopic (exact) mass is 280 g/mol. The lowest BCUT2D eigenvalue weighted by Gasteiger charge is -2.33. The maximum atomic E-state index is 12.1. The molecule has 0 unspecified atom stereocenters. The summed E-state index contributed by atoms with van der Waals surface area (Å²) < 4.78 is 0. The van der Waals surface area contributed by atoms with Crippen LogP contribution in [0.1, 0.15) is 23.4 Å². The Balaban J connectivity index is 1.82. The van der Waals surface area contributed by atoms with Crippen LogP contribution >= 0.6 is 0 Å². The molecule has 1 aromatic heterocycles. The van der Waals surface area contributed by atoms with Gasteiger partial charge in [-0.15, -0.1) is 5.10 Å². The Morgan fingerprint density at radius 3 is 2.55 bits per heavy atom. The standard InChI is InChI=1S/C12H20N6O2/c1-3-13-10(19)8-17-4-6-18(7-5-17)12(20)11-14-9(2)15-16-11/h3-8H2,1-2H3,(H,13,19)(H,14,15,16). The molecular formula is C12H20N6O2.